The lowest BCUT2D eigenvalue weighted by atomic mass is 9.82. The van der Waals surface area contributed by atoms with Crippen molar-refractivity contribution in [2.24, 2.45) is 23.7 Å². The fourth-order valence-electron chi connectivity index (χ4n) is 4.02. The molecule has 20 heavy (non-hydrogen) atoms. The number of allylic oxidation sites excluding steroid dienone is 2. The van der Waals surface area contributed by atoms with Gasteiger partial charge in [0.1, 0.15) is 6.10 Å². The first-order valence-electron chi connectivity index (χ1n) is 7.33. The van der Waals surface area contributed by atoms with Gasteiger partial charge < -0.3 is 9.47 Å². The van der Waals surface area contributed by atoms with Gasteiger partial charge in [-0.2, -0.15) is 0 Å². The van der Waals surface area contributed by atoms with E-state index in [0.29, 0.717) is 31.0 Å². The van der Waals surface area contributed by atoms with E-state index in [1.807, 2.05) is 30.3 Å². The number of hydrogen-bond donors (Lipinski definition) is 0. The smallest absolute Gasteiger partial charge is 0.310 e. The number of fused-ring (bicyclic) bond motifs is 5. The average molecular weight is 270 g/mol. The molecule has 1 aromatic rings. The van der Waals surface area contributed by atoms with E-state index in [9.17, 15) is 4.79 Å². The van der Waals surface area contributed by atoms with Crippen LogP contribution >= 0.6 is 0 Å². The Morgan fingerprint density at radius 1 is 1.15 bits per heavy atom. The molecule has 0 aromatic heterocycles. The summed E-state index contributed by atoms with van der Waals surface area (Å²) in [6, 6.07) is 10.1. The summed E-state index contributed by atoms with van der Waals surface area (Å²) >= 11 is 0. The predicted octanol–water partition coefficient (Wildman–Crippen LogP) is 2.57. The molecule has 0 radical (unpaired) electrons. The van der Waals surface area contributed by atoms with E-state index in [0.717, 1.165) is 12.0 Å². The number of cyclic esters (lactones) is 1. The van der Waals surface area contributed by atoms with Gasteiger partial charge in [-0.15, -0.1) is 0 Å². The van der Waals surface area contributed by atoms with Crippen molar-refractivity contribution in [2.75, 3.05) is 6.61 Å². The summed E-state index contributed by atoms with van der Waals surface area (Å²) in [5.41, 5.74) is 1.15. The predicted molar refractivity (Wildman–Crippen MR) is 73.7 cm³/mol. The minimum atomic E-state index is -0.0591. The first kappa shape index (κ1) is 12.2. The van der Waals surface area contributed by atoms with Gasteiger partial charge >= 0.3 is 5.97 Å². The van der Waals surface area contributed by atoms with Crippen molar-refractivity contribution in [3.8, 4) is 0 Å². The summed E-state index contributed by atoms with van der Waals surface area (Å²) in [4.78, 5) is 12.0. The maximum atomic E-state index is 12.0. The van der Waals surface area contributed by atoms with Crippen LogP contribution in [0.1, 0.15) is 12.0 Å². The quantitative estimate of drug-likeness (QED) is 0.623. The molecule has 5 atom stereocenters. The highest BCUT2D eigenvalue weighted by molar-refractivity contribution is 5.77. The van der Waals surface area contributed by atoms with Gasteiger partial charge in [0, 0.05) is 5.92 Å². The van der Waals surface area contributed by atoms with E-state index < -0.39 is 0 Å². The van der Waals surface area contributed by atoms with Crippen molar-refractivity contribution in [2.45, 2.75) is 19.1 Å². The molecule has 1 saturated heterocycles. The lowest BCUT2D eigenvalue weighted by molar-refractivity contribution is -0.147. The zero-order chi connectivity index (χ0) is 13.5. The highest BCUT2D eigenvalue weighted by Gasteiger charge is 2.57. The second kappa shape index (κ2) is 4.74. The molecule has 1 aliphatic heterocycles. The van der Waals surface area contributed by atoms with Crippen LogP contribution in [0.4, 0.5) is 0 Å². The molecule has 0 N–H and O–H groups in total. The lowest BCUT2D eigenvalue weighted by Crippen LogP contribution is -2.28. The molecule has 3 heteroatoms. The van der Waals surface area contributed by atoms with Crippen molar-refractivity contribution < 1.29 is 14.3 Å². The van der Waals surface area contributed by atoms with Gasteiger partial charge in [0.25, 0.3) is 0 Å². The highest BCUT2D eigenvalue weighted by Crippen LogP contribution is 2.53. The Bertz CT molecular complexity index is 536. The van der Waals surface area contributed by atoms with Gasteiger partial charge in [-0.25, -0.2) is 0 Å². The van der Waals surface area contributed by atoms with E-state index in [1.54, 1.807) is 0 Å². The topological polar surface area (TPSA) is 35.5 Å². The monoisotopic (exact) mass is 270 g/mol. The standard InChI is InChI=1S/C17H18O3/c18-17-16-13-7-6-12(8-13)15(16)14(20-17)10-19-9-11-4-2-1-3-5-11/h1-7,12-16H,8-10H2/t12-,13+,14+,15+,16+/m0/s1. The fraction of sp³-hybridized carbons (Fsp3) is 0.471. The minimum Gasteiger partial charge on any atom is -0.459 e. The molecular weight excluding hydrogens is 252 g/mol. The van der Waals surface area contributed by atoms with Crippen LogP contribution in [0.3, 0.4) is 0 Å². The number of carbonyl (C=O) groups excluding carboxylic acids is 1. The number of carbonyl (C=O) groups is 1. The van der Waals surface area contributed by atoms with E-state index >= 15 is 0 Å². The summed E-state index contributed by atoms with van der Waals surface area (Å²) in [6.45, 7) is 1.09. The van der Waals surface area contributed by atoms with Crippen LogP contribution in [0.25, 0.3) is 0 Å². The molecule has 2 aliphatic carbocycles. The Kier molecular flexibility index (Phi) is 2.88. The van der Waals surface area contributed by atoms with Crippen LogP contribution in [-0.2, 0) is 20.9 Å². The maximum Gasteiger partial charge on any atom is 0.310 e. The van der Waals surface area contributed by atoms with Crippen LogP contribution in [0.2, 0.25) is 0 Å². The number of rotatable bonds is 4. The van der Waals surface area contributed by atoms with Crippen molar-refractivity contribution >= 4 is 5.97 Å². The number of esters is 1. The highest BCUT2D eigenvalue weighted by atomic mass is 16.6. The van der Waals surface area contributed by atoms with E-state index in [2.05, 4.69) is 12.2 Å². The third kappa shape index (κ3) is 1.88. The van der Waals surface area contributed by atoms with Crippen LogP contribution in [0, 0.1) is 23.7 Å². The summed E-state index contributed by atoms with van der Waals surface area (Å²) in [7, 11) is 0. The molecule has 0 unspecified atom stereocenters. The molecule has 4 rings (SSSR count). The van der Waals surface area contributed by atoms with E-state index in [1.165, 1.54) is 0 Å². The molecule has 3 nitrogen and oxygen atoms in total. The Hall–Kier alpha value is -1.61. The molecule has 1 aromatic carbocycles. The minimum absolute atomic E-state index is 0.0137. The van der Waals surface area contributed by atoms with Gasteiger partial charge in [0.2, 0.25) is 0 Å². The largest absolute Gasteiger partial charge is 0.459 e. The van der Waals surface area contributed by atoms with Gasteiger partial charge in [0.05, 0.1) is 19.1 Å². The van der Waals surface area contributed by atoms with Crippen molar-refractivity contribution in [1.29, 1.82) is 0 Å². The zero-order valence-electron chi connectivity index (χ0n) is 11.3. The average Bonchev–Trinajstić information content (AvgIpc) is 3.14. The third-order valence-corrected chi connectivity index (χ3v) is 4.88. The molecule has 0 spiro atoms. The molecule has 3 aliphatic rings. The summed E-state index contributed by atoms with van der Waals surface area (Å²) in [6.07, 6.45) is 5.52. The summed E-state index contributed by atoms with van der Waals surface area (Å²) in [5.74, 6) is 1.35. The van der Waals surface area contributed by atoms with E-state index in [-0.39, 0.29) is 18.0 Å². The Labute approximate surface area is 118 Å². The Morgan fingerprint density at radius 3 is 2.80 bits per heavy atom. The van der Waals surface area contributed by atoms with Gasteiger partial charge in [-0.05, 0) is 23.8 Å². The van der Waals surface area contributed by atoms with E-state index in [4.69, 9.17) is 9.47 Å². The Morgan fingerprint density at radius 2 is 1.95 bits per heavy atom. The Balaban J connectivity index is 1.38. The van der Waals surface area contributed by atoms with Gasteiger partial charge in [-0.1, -0.05) is 42.5 Å². The molecule has 2 fully saturated rings. The van der Waals surface area contributed by atoms with Crippen LogP contribution in [0.5, 0.6) is 0 Å². The van der Waals surface area contributed by atoms with Crippen LogP contribution < -0.4 is 0 Å². The SMILES string of the molecule is O=C1O[C@H](COCc2ccccc2)[C@@H]2[C@H]1[C@@H]1C=C[C@H]2C1. The van der Waals surface area contributed by atoms with Gasteiger partial charge in [-0.3, -0.25) is 4.79 Å². The molecule has 1 heterocycles. The fourth-order valence-corrected chi connectivity index (χ4v) is 4.02. The molecule has 2 bridgehead atoms. The number of hydrogen-bond acceptors (Lipinski definition) is 3. The molecule has 0 amide bonds. The summed E-state index contributed by atoms with van der Waals surface area (Å²) in [5, 5.41) is 0. The number of ether oxygens (including phenoxy) is 2. The first-order chi connectivity index (χ1) is 9.83. The van der Waals surface area contributed by atoms with Crippen molar-refractivity contribution in [3.63, 3.8) is 0 Å². The normalized spacial score (nSPS) is 37.2. The van der Waals surface area contributed by atoms with Gasteiger partial charge in [0.15, 0.2) is 0 Å². The van der Waals surface area contributed by atoms with Crippen LogP contribution in [-0.4, -0.2) is 18.7 Å². The molecule has 1 saturated carbocycles. The maximum absolute atomic E-state index is 12.0. The third-order valence-electron chi connectivity index (χ3n) is 4.88. The lowest BCUT2D eigenvalue weighted by Gasteiger charge is -2.21. The molecule has 104 valence electrons. The van der Waals surface area contributed by atoms with Crippen molar-refractivity contribution in [1.82, 2.24) is 0 Å². The number of benzene rings is 1. The second-order valence-electron chi connectivity index (χ2n) is 6.03. The zero-order valence-corrected chi connectivity index (χ0v) is 11.3. The van der Waals surface area contributed by atoms with Crippen LogP contribution in [0.15, 0.2) is 42.5 Å². The molecular formula is C17H18O3. The van der Waals surface area contributed by atoms with Crippen molar-refractivity contribution in [3.05, 3.63) is 48.0 Å². The first-order valence-corrected chi connectivity index (χ1v) is 7.33. The summed E-state index contributed by atoms with van der Waals surface area (Å²) < 4.78 is 11.3. The second-order valence-corrected chi connectivity index (χ2v) is 6.03.